The van der Waals surface area contributed by atoms with Gasteiger partial charge in [0.25, 0.3) is 5.91 Å². The summed E-state index contributed by atoms with van der Waals surface area (Å²) in [5, 5.41) is 0. The van der Waals surface area contributed by atoms with Crippen molar-refractivity contribution in [2.24, 2.45) is 5.92 Å². The number of pyridine rings is 1. The standard InChI is InChI=1S/C13H17FN2O/c1-2-10-5-4-8-16(9-10)13(17)11-6-3-7-12(14)15-11/h3,6-7,10H,2,4-5,8-9H2,1H3. The molecule has 1 aromatic heterocycles. The Morgan fingerprint density at radius 1 is 1.59 bits per heavy atom. The third kappa shape index (κ3) is 2.81. The van der Waals surface area contributed by atoms with Crippen LogP contribution in [-0.2, 0) is 0 Å². The predicted molar refractivity (Wildman–Crippen MR) is 63.1 cm³/mol. The zero-order valence-corrected chi connectivity index (χ0v) is 10.0. The van der Waals surface area contributed by atoms with Gasteiger partial charge in [-0.2, -0.15) is 4.39 Å². The molecule has 0 N–H and O–H groups in total. The summed E-state index contributed by atoms with van der Waals surface area (Å²) in [6.45, 7) is 3.67. The highest BCUT2D eigenvalue weighted by atomic mass is 19.1. The minimum absolute atomic E-state index is 0.150. The zero-order chi connectivity index (χ0) is 12.3. The van der Waals surface area contributed by atoms with E-state index in [0.29, 0.717) is 5.92 Å². The Morgan fingerprint density at radius 2 is 2.41 bits per heavy atom. The van der Waals surface area contributed by atoms with E-state index in [9.17, 15) is 9.18 Å². The number of amides is 1. The molecular formula is C13H17FN2O. The molecule has 1 amide bonds. The van der Waals surface area contributed by atoms with E-state index in [1.165, 1.54) is 18.6 Å². The minimum atomic E-state index is -0.597. The second-order valence-corrected chi connectivity index (χ2v) is 4.51. The van der Waals surface area contributed by atoms with Gasteiger partial charge in [-0.05, 0) is 30.9 Å². The summed E-state index contributed by atoms with van der Waals surface area (Å²) in [5.41, 5.74) is 0.210. The van der Waals surface area contributed by atoms with Crippen LogP contribution in [0.25, 0.3) is 0 Å². The lowest BCUT2D eigenvalue weighted by molar-refractivity contribution is 0.0664. The number of piperidine rings is 1. The second-order valence-electron chi connectivity index (χ2n) is 4.51. The summed E-state index contributed by atoms with van der Waals surface area (Å²) in [5.74, 6) is -0.177. The van der Waals surface area contributed by atoms with Gasteiger partial charge in [-0.1, -0.05) is 19.4 Å². The summed E-state index contributed by atoms with van der Waals surface area (Å²) in [6, 6.07) is 4.35. The number of halogens is 1. The van der Waals surface area contributed by atoms with Crippen LogP contribution in [0.1, 0.15) is 36.7 Å². The summed E-state index contributed by atoms with van der Waals surface area (Å²) >= 11 is 0. The molecule has 1 fully saturated rings. The normalized spacial score (nSPS) is 20.4. The molecule has 0 bridgehead atoms. The van der Waals surface area contributed by atoms with Crippen molar-refractivity contribution in [2.75, 3.05) is 13.1 Å². The van der Waals surface area contributed by atoms with E-state index in [2.05, 4.69) is 11.9 Å². The first kappa shape index (κ1) is 12.0. The lowest BCUT2D eigenvalue weighted by Crippen LogP contribution is -2.40. The van der Waals surface area contributed by atoms with Gasteiger partial charge in [0, 0.05) is 13.1 Å². The molecule has 92 valence electrons. The molecular weight excluding hydrogens is 219 g/mol. The Labute approximate surface area is 101 Å². The van der Waals surface area contributed by atoms with Crippen molar-refractivity contribution >= 4 is 5.91 Å². The summed E-state index contributed by atoms with van der Waals surface area (Å²) in [4.78, 5) is 17.5. The number of hydrogen-bond donors (Lipinski definition) is 0. The smallest absolute Gasteiger partial charge is 0.272 e. The summed E-state index contributed by atoms with van der Waals surface area (Å²) in [6.07, 6.45) is 3.29. The van der Waals surface area contributed by atoms with Gasteiger partial charge in [0.15, 0.2) is 0 Å². The number of hydrogen-bond acceptors (Lipinski definition) is 2. The van der Waals surface area contributed by atoms with Gasteiger partial charge in [-0.15, -0.1) is 0 Å². The van der Waals surface area contributed by atoms with Crippen LogP contribution in [0.3, 0.4) is 0 Å². The fraction of sp³-hybridized carbons (Fsp3) is 0.538. The van der Waals surface area contributed by atoms with Crippen LogP contribution in [0.5, 0.6) is 0 Å². The topological polar surface area (TPSA) is 33.2 Å². The van der Waals surface area contributed by atoms with Crippen LogP contribution in [0, 0.1) is 11.9 Å². The molecule has 1 aromatic rings. The van der Waals surface area contributed by atoms with Crippen LogP contribution < -0.4 is 0 Å². The van der Waals surface area contributed by atoms with E-state index in [1.807, 2.05) is 0 Å². The quantitative estimate of drug-likeness (QED) is 0.739. The number of carbonyl (C=O) groups is 1. The Kier molecular flexibility index (Phi) is 3.71. The molecule has 1 unspecified atom stereocenters. The largest absolute Gasteiger partial charge is 0.337 e. The molecule has 1 saturated heterocycles. The average Bonchev–Trinajstić information content (AvgIpc) is 2.38. The number of rotatable bonds is 2. The maximum atomic E-state index is 13.0. The lowest BCUT2D eigenvalue weighted by Gasteiger charge is -2.32. The third-order valence-electron chi connectivity index (χ3n) is 3.32. The van der Waals surface area contributed by atoms with Crippen molar-refractivity contribution in [3.05, 3.63) is 29.8 Å². The Balaban J connectivity index is 2.09. The second kappa shape index (κ2) is 5.25. The van der Waals surface area contributed by atoms with Crippen LogP contribution in [-0.4, -0.2) is 28.9 Å². The summed E-state index contributed by atoms with van der Waals surface area (Å²) in [7, 11) is 0. The van der Waals surface area contributed by atoms with Crippen molar-refractivity contribution in [2.45, 2.75) is 26.2 Å². The Hall–Kier alpha value is -1.45. The number of carbonyl (C=O) groups excluding carboxylic acids is 1. The first-order chi connectivity index (χ1) is 8.20. The number of aromatic nitrogens is 1. The van der Waals surface area contributed by atoms with Gasteiger partial charge < -0.3 is 4.90 Å². The highest BCUT2D eigenvalue weighted by Crippen LogP contribution is 2.20. The molecule has 2 heterocycles. The maximum absolute atomic E-state index is 13.0. The lowest BCUT2D eigenvalue weighted by atomic mass is 9.95. The van der Waals surface area contributed by atoms with E-state index in [4.69, 9.17) is 0 Å². The van der Waals surface area contributed by atoms with E-state index in [-0.39, 0.29) is 11.6 Å². The fourth-order valence-electron chi connectivity index (χ4n) is 2.27. The van der Waals surface area contributed by atoms with Crippen LogP contribution >= 0.6 is 0 Å². The van der Waals surface area contributed by atoms with Gasteiger partial charge >= 0.3 is 0 Å². The third-order valence-corrected chi connectivity index (χ3v) is 3.32. The van der Waals surface area contributed by atoms with E-state index in [0.717, 1.165) is 25.9 Å². The van der Waals surface area contributed by atoms with E-state index < -0.39 is 5.95 Å². The van der Waals surface area contributed by atoms with Crippen molar-refractivity contribution in [3.63, 3.8) is 0 Å². The number of likely N-dealkylation sites (tertiary alicyclic amines) is 1. The van der Waals surface area contributed by atoms with Crippen LogP contribution in [0.4, 0.5) is 4.39 Å². The van der Waals surface area contributed by atoms with Gasteiger partial charge in [0.2, 0.25) is 5.95 Å². The maximum Gasteiger partial charge on any atom is 0.272 e. The highest BCUT2D eigenvalue weighted by molar-refractivity contribution is 5.92. The summed E-state index contributed by atoms with van der Waals surface area (Å²) < 4.78 is 13.0. The van der Waals surface area contributed by atoms with Crippen molar-refractivity contribution in [1.82, 2.24) is 9.88 Å². The van der Waals surface area contributed by atoms with Crippen molar-refractivity contribution in [3.8, 4) is 0 Å². The van der Waals surface area contributed by atoms with Crippen molar-refractivity contribution < 1.29 is 9.18 Å². The molecule has 0 spiro atoms. The molecule has 1 aliphatic heterocycles. The van der Waals surface area contributed by atoms with Crippen LogP contribution in [0.2, 0.25) is 0 Å². The van der Waals surface area contributed by atoms with Gasteiger partial charge in [-0.3, -0.25) is 4.79 Å². The highest BCUT2D eigenvalue weighted by Gasteiger charge is 2.24. The predicted octanol–water partition coefficient (Wildman–Crippen LogP) is 2.48. The van der Waals surface area contributed by atoms with E-state index in [1.54, 1.807) is 11.0 Å². The molecule has 4 heteroatoms. The molecule has 0 aromatic carbocycles. The monoisotopic (exact) mass is 236 g/mol. The number of nitrogens with zero attached hydrogens (tertiary/aromatic N) is 2. The van der Waals surface area contributed by atoms with Crippen molar-refractivity contribution in [1.29, 1.82) is 0 Å². The molecule has 0 saturated carbocycles. The Morgan fingerprint density at radius 3 is 3.12 bits per heavy atom. The van der Waals surface area contributed by atoms with Gasteiger partial charge in [0.05, 0.1) is 0 Å². The molecule has 1 aliphatic rings. The molecule has 2 rings (SSSR count). The zero-order valence-electron chi connectivity index (χ0n) is 10.0. The van der Waals surface area contributed by atoms with Gasteiger partial charge in [-0.25, -0.2) is 4.98 Å². The average molecular weight is 236 g/mol. The Bertz CT molecular complexity index is 408. The molecule has 0 radical (unpaired) electrons. The van der Waals surface area contributed by atoms with E-state index >= 15 is 0 Å². The van der Waals surface area contributed by atoms with Gasteiger partial charge in [0.1, 0.15) is 5.69 Å². The SMILES string of the molecule is CCC1CCCN(C(=O)c2cccc(F)n2)C1. The first-order valence-electron chi connectivity index (χ1n) is 6.12. The van der Waals surface area contributed by atoms with Crippen LogP contribution in [0.15, 0.2) is 18.2 Å². The first-order valence-corrected chi connectivity index (χ1v) is 6.12. The molecule has 3 nitrogen and oxygen atoms in total. The fourth-order valence-corrected chi connectivity index (χ4v) is 2.27. The molecule has 17 heavy (non-hydrogen) atoms. The molecule has 0 aliphatic carbocycles. The minimum Gasteiger partial charge on any atom is -0.337 e. The molecule has 1 atom stereocenters.